The fraction of sp³-hybridized carbons (Fsp3) is 0.360. The van der Waals surface area contributed by atoms with Crippen molar-refractivity contribution in [3.63, 3.8) is 0 Å². The summed E-state index contributed by atoms with van der Waals surface area (Å²) >= 11 is 0. The molecule has 1 amide bonds. The molecule has 33 heavy (non-hydrogen) atoms. The molecule has 1 aliphatic carbocycles. The Kier molecular flexibility index (Phi) is 5.44. The van der Waals surface area contributed by atoms with Gasteiger partial charge in [-0.25, -0.2) is 4.39 Å². The number of carbonyl (C=O) groups excluding carboxylic acids is 1. The lowest BCUT2D eigenvalue weighted by molar-refractivity contribution is -0.134. The summed E-state index contributed by atoms with van der Waals surface area (Å²) in [4.78, 5) is 17.5. The molecule has 1 saturated heterocycles. The first-order chi connectivity index (χ1) is 16.0. The van der Waals surface area contributed by atoms with Gasteiger partial charge in [0.1, 0.15) is 5.82 Å². The molecule has 1 saturated carbocycles. The van der Waals surface area contributed by atoms with Crippen molar-refractivity contribution >= 4 is 11.6 Å². The number of ether oxygens (including phenoxy) is 2. The van der Waals surface area contributed by atoms with Gasteiger partial charge in [-0.05, 0) is 55.3 Å². The molecule has 2 aliphatic rings. The van der Waals surface area contributed by atoms with Gasteiger partial charge >= 0.3 is 0 Å². The smallest absolute Gasteiger partial charge is 0.235 e. The van der Waals surface area contributed by atoms with E-state index < -0.39 is 5.41 Å². The first-order valence-corrected chi connectivity index (χ1v) is 11.0. The topological polar surface area (TPSA) is 68.0 Å². The van der Waals surface area contributed by atoms with Gasteiger partial charge in [0.25, 0.3) is 0 Å². The zero-order valence-corrected chi connectivity index (χ0v) is 18.7. The molecule has 0 atom stereocenters. The summed E-state index contributed by atoms with van der Waals surface area (Å²) in [6, 6.07) is 13.9. The Labute approximate surface area is 191 Å². The number of halogens is 1. The average Bonchev–Trinajstić information content (AvgIpc) is 3.52. The van der Waals surface area contributed by atoms with E-state index >= 15 is 0 Å². The lowest BCUT2D eigenvalue weighted by atomic mass is 9.99. The highest BCUT2D eigenvalue weighted by Crippen LogP contribution is 2.50. The number of benzene rings is 2. The van der Waals surface area contributed by atoms with Crippen LogP contribution in [0.1, 0.15) is 18.5 Å². The van der Waals surface area contributed by atoms with Crippen molar-refractivity contribution in [1.29, 1.82) is 0 Å². The molecule has 0 bridgehead atoms. The molecular formula is C25H26FN3O4. The van der Waals surface area contributed by atoms with Gasteiger partial charge < -0.3 is 23.8 Å². The normalized spacial score (nSPS) is 17.1. The standard InChI is InChI=1S/C25H26FN3O4/c1-31-20-8-3-17(15-22(20)32-2)21-16-23(27-33-21)25(9-10-25)24(30)29-13-11-28(12-14-29)19-6-4-18(26)5-7-19/h3-8,15-16H,9-14H2,1-2H3. The Morgan fingerprint density at radius 2 is 1.67 bits per heavy atom. The summed E-state index contributed by atoms with van der Waals surface area (Å²) in [5, 5.41) is 4.27. The highest BCUT2D eigenvalue weighted by molar-refractivity contribution is 5.91. The van der Waals surface area contributed by atoms with Crippen LogP contribution in [-0.2, 0) is 10.2 Å². The minimum Gasteiger partial charge on any atom is -0.493 e. The number of aromatic nitrogens is 1. The van der Waals surface area contributed by atoms with Crippen LogP contribution in [0.25, 0.3) is 11.3 Å². The quantitative estimate of drug-likeness (QED) is 0.567. The Hall–Kier alpha value is -3.55. The SMILES string of the molecule is COc1ccc(-c2cc(C3(C(=O)N4CCN(c5ccc(F)cc5)CC4)CC3)no2)cc1OC. The number of piperazine rings is 1. The lowest BCUT2D eigenvalue weighted by Crippen LogP contribution is -2.51. The predicted molar refractivity (Wildman–Crippen MR) is 121 cm³/mol. The van der Waals surface area contributed by atoms with Crippen LogP contribution in [-0.4, -0.2) is 56.4 Å². The highest BCUT2D eigenvalue weighted by Gasteiger charge is 2.55. The molecule has 2 fully saturated rings. The lowest BCUT2D eigenvalue weighted by Gasteiger charge is -2.37. The van der Waals surface area contributed by atoms with Crippen LogP contribution in [0.5, 0.6) is 11.5 Å². The van der Waals surface area contributed by atoms with Gasteiger partial charge in [-0.15, -0.1) is 0 Å². The molecule has 0 radical (unpaired) electrons. The zero-order chi connectivity index (χ0) is 23.0. The van der Waals surface area contributed by atoms with E-state index in [0.29, 0.717) is 49.1 Å². The third-order valence-corrected chi connectivity index (χ3v) is 6.59. The molecule has 5 rings (SSSR count). The first kappa shape index (κ1) is 21.3. The van der Waals surface area contributed by atoms with E-state index in [9.17, 15) is 9.18 Å². The molecule has 0 unspecified atom stereocenters. The van der Waals surface area contributed by atoms with Crippen LogP contribution in [0.15, 0.2) is 53.1 Å². The number of methoxy groups -OCH3 is 2. The van der Waals surface area contributed by atoms with Gasteiger partial charge in [-0.2, -0.15) is 0 Å². The van der Waals surface area contributed by atoms with Gasteiger partial charge in [-0.1, -0.05) is 5.16 Å². The molecule has 3 aromatic rings. The average molecular weight is 451 g/mol. The second-order valence-corrected chi connectivity index (χ2v) is 8.48. The number of nitrogens with zero attached hydrogens (tertiary/aromatic N) is 3. The van der Waals surface area contributed by atoms with Crippen molar-refractivity contribution in [3.8, 4) is 22.8 Å². The molecular weight excluding hydrogens is 425 g/mol. The van der Waals surface area contributed by atoms with Crippen molar-refractivity contribution < 1.29 is 23.2 Å². The molecule has 1 aromatic heterocycles. The maximum absolute atomic E-state index is 13.4. The molecule has 0 spiro atoms. The maximum Gasteiger partial charge on any atom is 0.235 e. The van der Waals surface area contributed by atoms with Crippen molar-refractivity contribution in [2.45, 2.75) is 18.3 Å². The first-order valence-electron chi connectivity index (χ1n) is 11.0. The maximum atomic E-state index is 13.4. The minimum atomic E-state index is -0.601. The van der Waals surface area contributed by atoms with E-state index in [2.05, 4.69) is 10.1 Å². The van der Waals surface area contributed by atoms with E-state index in [1.54, 1.807) is 26.4 Å². The van der Waals surface area contributed by atoms with Crippen LogP contribution < -0.4 is 14.4 Å². The van der Waals surface area contributed by atoms with E-state index in [4.69, 9.17) is 14.0 Å². The number of hydrogen-bond donors (Lipinski definition) is 0. The highest BCUT2D eigenvalue weighted by atomic mass is 19.1. The van der Waals surface area contributed by atoms with E-state index in [1.807, 2.05) is 29.2 Å². The summed E-state index contributed by atoms with van der Waals surface area (Å²) in [5.41, 5.74) is 1.86. The molecule has 2 heterocycles. The second kappa shape index (κ2) is 8.42. The number of rotatable bonds is 6. The minimum absolute atomic E-state index is 0.105. The third-order valence-electron chi connectivity index (χ3n) is 6.59. The molecule has 2 aromatic carbocycles. The zero-order valence-electron chi connectivity index (χ0n) is 18.7. The summed E-state index contributed by atoms with van der Waals surface area (Å²) in [5.74, 6) is 1.68. The van der Waals surface area contributed by atoms with Gasteiger partial charge in [0.05, 0.1) is 25.3 Å². The number of anilines is 1. The van der Waals surface area contributed by atoms with Crippen molar-refractivity contribution in [3.05, 3.63) is 60.0 Å². The Bertz CT molecular complexity index is 1150. The van der Waals surface area contributed by atoms with E-state index in [0.717, 1.165) is 24.1 Å². The van der Waals surface area contributed by atoms with Crippen molar-refractivity contribution in [2.75, 3.05) is 45.3 Å². The van der Waals surface area contributed by atoms with Crippen LogP contribution in [0.4, 0.5) is 10.1 Å². The molecule has 8 heteroatoms. The Balaban J connectivity index is 1.29. The number of amides is 1. The second-order valence-electron chi connectivity index (χ2n) is 8.48. The molecule has 172 valence electrons. The van der Waals surface area contributed by atoms with Gasteiger partial charge in [0.15, 0.2) is 17.3 Å². The molecule has 1 aliphatic heterocycles. The fourth-order valence-electron chi connectivity index (χ4n) is 4.45. The molecule has 0 N–H and O–H groups in total. The predicted octanol–water partition coefficient (Wildman–Crippen LogP) is 3.88. The number of carbonyl (C=O) groups is 1. The summed E-state index contributed by atoms with van der Waals surface area (Å²) in [6.07, 6.45) is 1.53. The van der Waals surface area contributed by atoms with Gasteiger partial charge in [0, 0.05) is 43.5 Å². The van der Waals surface area contributed by atoms with Crippen molar-refractivity contribution in [2.24, 2.45) is 0 Å². The Morgan fingerprint density at radius 3 is 2.30 bits per heavy atom. The summed E-state index contributed by atoms with van der Waals surface area (Å²) in [7, 11) is 3.17. The van der Waals surface area contributed by atoms with Gasteiger partial charge in [-0.3, -0.25) is 4.79 Å². The molecule has 7 nitrogen and oxygen atoms in total. The monoisotopic (exact) mass is 451 g/mol. The Morgan fingerprint density at radius 1 is 0.970 bits per heavy atom. The summed E-state index contributed by atoms with van der Waals surface area (Å²) in [6.45, 7) is 2.67. The summed E-state index contributed by atoms with van der Waals surface area (Å²) < 4.78 is 29.5. The third kappa shape index (κ3) is 3.90. The van der Waals surface area contributed by atoms with Crippen LogP contribution in [0, 0.1) is 5.82 Å². The largest absolute Gasteiger partial charge is 0.493 e. The van der Waals surface area contributed by atoms with Crippen LogP contribution in [0.2, 0.25) is 0 Å². The van der Waals surface area contributed by atoms with E-state index in [1.165, 1.54) is 12.1 Å². The van der Waals surface area contributed by atoms with Crippen molar-refractivity contribution in [1.82, 2.24) is 10.1 Å². The fourth-order valence-corrected chi connectivity index (χ4v) is 4.45. The van der Waals surface area contributed by atoms with Gasteiger partial charge in [0.2, 0.25) is 5.91 Å². The number of hydrogen-bond acceptors (Lipinski definition) is 6. The van der Waals surface area contributed by atoms with E-state index in [-0.39, 0.29) is 11.7 Å². The van der Waals surface area contributed by atoms with Crippen LogP contribution >= 0.6 is 0 Å². The van der Waals surface area contributed by atoms with Crippen LogP contribution in [0.3, 0.4) is 0 Å².